The second-order valence-corrected chi connectivity index (χ2v) is 14.2. The quantitative estimate of drug-likeness (QED) is 0.181. The van der Waals surface area contributed by atoms with Gasteiger partial charge in [0.15, 0.2) is 5.58 Å². The summed E-state index contributed by atoms with van der Waals surface area (Å²) in [5.41, 5.74) is 11.2. The molecule has 0 saturated carbocycles. The largest absolute Gasteiger partial charge is 0.455 e. The van der Waals surface area contributed by atoms with Crippen molar-refractivity contribution in [2.45, 2.75) is 0 Å². The summed E-state index contributed by atoms with van der Waals surface area (Å²) in [6, 6.07) is 62.2. The topological polar surface area (TPSA) is 29.5 Å². The summed E-state index contributed by atoms with van der Waals surface area (Å²) in [4.78, 5) is 2.40. The van der Waals surface area contributed by atoms with Crippen LogP contribution >= 0.6 is 11.3 Å². The molecule has 11 aromatic rings. The Morgan fingerprint density at radius 1 is 0.346 bits per heavy atom. The van der Waals surface area contributed by atoms with Crippen molar-refractivity contribution in [2.24, 2.45) is 0 Å². The standard InChI is InChI=1S/C48H29NO2S/c1-3-14-30(15-4-1)32-19-9-24-38-44-39(25-13-29-43(44)51-45(32)38)49(40-26-11-21-35-34-18-7-8-28-42(34)50-46(35)40)41-27-12-23-37-36-22-10-20-33(47(36)52-48(37)41)31-16-5-2-6-17-31/h1-29H. The fourth-order valence-electron chi connectivity index (χ4n) is 7.98. The lowest BCUT2D eigenvalue weighted by Crippen LogP contribution is -2.10. The number of fused-ring (bicyclic) bond motifs is 9. The number of para-hydroxylation sites is 3. The van der Waals surface area contributed by atoms with Gasteiger partial charge in [-0.05, 0) is 47.0 Å². The van der Waals surface area contributed by atoms with E-state index in [1.165, 1.54) is 31.3 Å². The first-order valence-electron chi connectivity index (χ1n) is 17.5. The molecule has 8 aromatic carbocycles. The van der Waals surface area contributed by atoms with Gasteiger partial charge in [0.2, 0.25) is 0 Å². The predicted molar refractivity (Wildman–Crippen MR) is 219 cm³/mol. The summed E-state index contributed by atoms with van der Waals surface area (Å²) in [7, 11) is 0. The van der Waals surface area contributed by atoms with E-state index in [9.17, 15) is 0 Å². The molecule has 0 saturated heterocycles. The molecule has 0 aliphatic carbocycles. The van der Waals surface area contributed by atoms with E-state index >= 15 is 0 Å². The van der Waals surface area contributed by atoms with Gasteiger partial charge in [-0.3, -0.25) is 0 Å². The molecule has 0 unspecified atom stereocenters. The first kappa shape index (κ1) is 29.1. The van der Waals surface area contributed by atoms with Crippen LogP contribution in [0, 0.1) is 0 Å². The van der Waals surface area contributed by atoms with Crippen LogP contribution < -0.4 is 4.90 Å². The van der Waals surface area contributed by atoms with Gasteiger partial charge in [-0.2, -0.15) is 0 Å². The number of anilines is 3. The number of thiophene rings is 1. The van der Waals surface area contributed by atoms with Crippen LogP contribution in [0.15, 0.2) is 185 Å². The smallest absolute Gasteiger partial charge is 0.159 e. The second-order valence-electron chi connectivity index (χ2n) is 13.2. The number of furan rings is 2. The van der Waals surface area contributed by atoms with Crippen molar-refractivity contribution in [3.63, 3.8) is 0 Å². The Bertz CT molecular complexity index is 3130. The van der Waals surface area contributed by atoms with E-state index in [-0.39, 0.29) is 0 Å². The summed E-state index contributed by atoms with van der Waals surface area (Å²) in [5.74, 6) is 0. The van der Waals surface area contributed by atoms with Gasteiger partial charge in [0.25, 0.3) is 0 Å². The van der Waals surface area contributed by atoms with E-state index in [0.29, 0.717) is 0 Å². The summed E-state index contributed by atoms with van der Waals surface area (Å²) in [5, 5.41) is 6.81. The van der Waals surface area contributed by atoms with Crippen LogP contribution in [0.2, 0.25) is 0 Å². The van der Waals surface area contributed by atoms with Crippen molar-refractivity contribution in [2.75, 3.05) is 4.90 Å². The van der Waals surface area contributed by atoms with E-state index in [2.05, 4.69) is 169 Å². The van der Waals surface area contributed by atoms with Crippen LogP contribution in [-0.4, -0.2) is 0 Å². The summed E-state index contributed by atoms with van der Waals surface area (Å²) < 4.78 is 16.0. The maximum Gasteiger partial charge on any atom is 0.159 e. The minimum Gasteiger partial charge on any atom is -0.455 e. The van der Waals surface area contributed by atoms with Crippen LogP contribution in [0.25, 0.3) is 86.3 Å². The third-order valence-corrected chi connectivity index (χ3v) is 11.6. The van der Waals surface area contributed by atoms with Crippen LogP contribution in [0.5, 0.6) is 0 Å². The van der Waals surface area contributed by atoms with E-state index in [0.717, 1.165) is 72.1 Å². The lowest BCUT2D eigenvalue weighted by atomic mass is 10.0. The summed E-state index contributed by atoms with van der Waals surface area (Å²) >= 11 is 1.85. The minimum atomic E-state index is 0.840. The van der Waals surface area contributed by atoms with Gasteiger partial charge in [-0.15, -0.1) is 11.3 Å². The van der Waals surface area contributed by atoms with E-state index in [4.69, 9.17) is 8.83 Å². The molecule has 0 amide bonds. The third kappa shape index (κ3) is 4.31. The average molecular weight is 684 g/mol. The molecule has 0 bridgehead atoms. The summed E-state index contributed by atoms with van der Waals surface area (Å²) in [6.07, 6.45) is 0. The molecule has 0 fully saturated rings. The van der Waals surface area contributed by atoms with Gasteiger partial charge in [0.1, 0.15) is 16.7 Å². The van der Waals surface area contributed by atoms with Crippen molar-refractivity contribution < 1.29 is 8.83 Å². The van der Waals surface area contributed by atoms with Gasteiger partial charge in [-0.1, -0.05) is 146 Å². The van der Waals surface area contributed by atoms with Crippen molar-refractivity contribution in [3.8, 4) is 22.3 Å². The fourth-order valence-corrected chi connectivity index (χ4v) is 9.32. The maximum absolute atomic E-state index is 6.79. The average Bonchev–Trinajstić information content (AvgIpc) is 3.91. The lowest BCUT2D eigenvalue weighted by molar-refractivity contribution is 0.668. The second kappa shape index (κ2) is 11.5. The molecule has 0 aliphatic heterocycles. The Kier molecular flexibility index (Phi) is 6.42. The fraction of sp³-hybridized carbons (Fsp3) is 0. The predicted octanol–water partition coefficient (Wildman–Crippen LogP) is 14.7. The Labute approximate surface area is 303 Å². The van der Waals surface area contributed by atoms with E-state index in [1.807, 2.05) is 23.5 Å². The van der Waals surface area contributed by atoms with Crippen molar-refractivity contribution in [3.05, 3.63) is 176 Å². The molecule has 11 rings (SSSR count). The number of rotatable bonds is 5. The zero-order valence-electron chi connectivity index (χ0n) is 27.9. The molecule has 0 radical (unpaired) electrons. The minimum absolute atomic E-state index is 0.840. The van der Waals surface area contributed by atoms with Crippen LogP contribution in [0.3, 0.4) is 0 Å². The van der Waals surface area contributed by atoms with Gasteiger partial charge < -0.3 is 13.7 Å². The van der Waals surface area contributed by atoms with Gasteiger partial charge in [0, 0.05) is 37.2 Å². The summed E-state index contributed by atoms with van der Waals surface area (Å²) in [6.45, 7) is 0. The third-order valence-electron chi connectivity index (χ3n) is 10.3. The van der Waals surface area contributed by atoms with Crippen LogP contribution in [0.4, 0.5) is 17.1 Å². The number of hydrogen-bond acceptors (Lipinski definition) is 4. The molecule has 3 heterocycles. The number of hydrogen-bond donors (Lipinski definition) is 0. The highest BCUT2D eigenvalue weighted by molar-refractivity contribution is 7.27. The number of nitrogens with zero attached hydrogens (tertiary/aromatic N) is 1. The molecule has 0 N–H and O–H groups in total. The van der Waals surface area contributed by atoms with Gasteiger partial charge in [0.05, 0.1) is 27.1 Å². The molecular formula is C48H29NO2S. The molecular weight excluding hydrogens is 655 g/mol. The normalized spacial score (nSPS) is 11.8. The molecule has 52 heavy (non-hydrogen) atoms. The highest BCUT2D eigenvalue weighted by Crippen LogP contribution is 2.51. The molecule has 3 aromatic heterocycles. The lowest BCUT2D eigenvalue weighted by Gasteiger charge is -2.26. The highest BCUT2D eigenvalue weighted by atomic mass is 32.1. The highest BCUT2D eigenvalue weighted by Gasteiger charge is 2.26. The number of benzene rings is 8. The SMILES string of the molecule is c1ccc(-c2cccc3c2oc2cccc(N(c4cccc5c4oc4ccccc45)c4cccc5c4sc4c(-c6ccccc6)cccc45)c23)cc1. The van der Waals surface area contributed by atoms with Crippen LogP contribution in [-0.2, 0) is 0 Å². The van der Waals surface area contributed by atoms with E-state index < -0.39 is 0 Å². The molecule has 0 aliphatic rings. The molecule has 4 heteroatoms. The molecule has 0 spiro atoms. The maximum atomic E-state index is 6.79. The van der Waals surface area contributed by atoms with Crippen molar-refractivity contribution in [1.29, 1.82) is 0 Å². The first-order chi connectivity index (χ1) is 25.8. The van der Waals surface area contributed by atoms with Gasteiger partial charge >= 0.3 is 0 Å². The Morgan fingerprint density at radius 2 is 0.885 bits per heavy atom. The Morgan fingerprint density at radius 3 is 1.69 bits per heavy atom. The zero-order chi connectivity index (χ0) is 34.2. The van der Waals surface area contributed by atoms with E-state index in [1.54, 1.807) is 0 Å². The Hall–Kier alpha value is -6.62. The Balaban J connectivity index is 1.25. The monoisotopic (exact) mass is 683 g/mol. The van der Waals surface area contributed by atoms with Gasteiger partial charge in [-0.25, -0.2) is 0 Å². The zero-order valence-corrected chi connectivity index (χ0v) is 28.7. The first-order valence-corrected chi connectivity index (χ1v) is 18.3. The van der Waals surface area contributed by atoms with Crippen molar-refractivity contribution >= 4 is 92.4 Å². The van der Waals surface area contributed by atoms with Crippen molar-refractivity contribution in [1.82, 2.24) is 0 Å². The molecule has 0 atom stereocenters. The molecule has 3 nitrogen and oxygen atoms in total. The molecule has 244 valence electrons. The van der Waals surface area contributed by atoms with Crippen LogP contribution in [0.1, 0.15) is 0 Å².